The van der Waals surface area contributed by atoms with Crippen LogP contribution in [0.2, 0.25) is 0 Å². The van der Waals surface area contributed by atoms with Crippen LogP contribution in [0.25, 0.3) is 0 Å². The number of nitrogens with one attached hydrogen (secondary N) is 1. The zero-order chi connectivity index (χ0) is 13.3. The van der Waals surface area contributed by atoms with Crippen LogP contribution in [0, 0.1) is 10.1 Å². The molecule has 1 aromatic rings. The third kappa shape index (κ3) is 2.09. The van der Waals surface area contributed by atoms with Gasteiger partial charge in [-0.1, -0.05) is 12.1 Å². The summed E-state index contributed by atoms with van der Waals surface area (Å²) in [5.41, 5.74) is -0.392. The third-order valence-electron chi connectivity index (χ3n) is 2.99. The molecule has 8 heteroatoms. The van der Waals surface area contributed by atoms with Crippen molar-refractivity contribution in [2.45, 2.75) is 10.9 Å². The molecule has 98 valence electrons. The number of rotatable bonds is 4. The number of nitrogens with zero attached hydrogens (tertiary/aromatic N) is 2. The second kappa shape index (κ2) is 4.63. The van der Waals surface area contributed by atoms with Gasteiger partial charge in [0.15, 0.2) is 4.90 Å². The third-order valence-corrected chi connectivity index (χ3v) is 4.95. The Hall–Kier alpha value is -1.51. The molecule has 0 spiro atoms. The minimum absolute atomic E-state index is 0.144. The molecule has 0 atom stereocenters. The molecule has 1 aliphatic heterocycles. The molecule has 0 bridgehead atoms. The van der Waals surface area contributed by atoms with Crippen LogP contribution in [0.3, 0.4) is 0 Å². The van der Waals surface area contributed by atoms with E-state index < -0.39 is 20.6 Å². The van der Waals surface area contributed by atoms with Gasteiger partial charge in [0.2, 0.25) is 10.0 Å². The van der Waals surface area contributed by atoms with Crippen LogP contribution in [0.15, 0.2) is 29.2 Å². The lowest BCUT2D eigenvalue weighted by Gasteiger charge is -2.34. The van der Waals surface area contributed by atoms with Crippen LogP contribution < -0.4 is 5.32 Å². The van der Waals surface area contributed by atoms with Gasteiger partial charge in [0.1, 0.15) is 0 Å². The summed E-state index contributed by atoms with van der Waals surface area (Å²) >= 11 is 0. The van der Waals surface area contributed by atoms with Crippen LogP contribution >= 0.6 is 0 Å². The number of nitro benzene ring substituents is 1. The van der Waals surface area contributed by atoms with Gasteiger partial charge in [-0.3, -0.25) is 10.1 Å². The fourth-order valence-electron chi connectivity index (χ4n) is 1.71. The minimum atomic E-state index is -3.82. The predicted molar refractivity (Wildman–Crippen MR) is 64.7 cm³/mol. The monoisotopic (exact) mass is 271 g/mol. The first-order chi connectivity index (χ1) is 8.44. The van der Waals surface area contributed by atoms with Crippen molar-refractivity contribution in [3.8, 4) is 0 Å². The molecule has 1 fully saturated rings. The number of sulfonamides is 1. The molecule has 0 amide bonds. The lowest BCUT2D eigenvalue weighted by atomic mass is 10.2. The normalized spacial score (nSPS) is 16.6. The summed E-state index contributed by atoms with van der Waals surface area (Å²) in [4.78, 5) is 9.91. The lowest BCUT2D eigenvalue weighted by Crippen LogP contribution is -2.57. The summed E-state index contributed by atoms with van der Waals surface area (Å²) in [7, 11) is -2.38. The zero-order valence-corrected chi connectivity index (χ0v) is 10.6. The molecule has 1 saturated heterocycles. The van der Waals surface area contributed by atoms with Crippen molar-refractivity contribution in [1.82, 2.24) is 9.62 Å². The number of hydrogen-bond acceptors (Lipinski definition) is 5. The maximum atomic E-state index is 12.3. The first kappa shape index (κ1) is 12.9. The van der Waals surface area contributed by atoms with Gasteiger partial charge < -0.3 is 5.32 Å². The lowest BCUT2D eigenvalue weighted by molar-refractivity contribution is -0.387. The Morgan fingerprint density at radius 3 is 2.50 bits per heavy atom. The summed E-state index contributed by atoms with van der Waals surface area (Å²) < 4.78 is 25.8. The molecule has 0 saturated carbocycles. The summed E-state index contributed by atoms with van der Waals surface area (Å²) in [6, 6.07) is 5.24. The van der Waals surface area contributed by atoms with E-state index in [-0.39, 0.29) is 10.9 Å². The molecule has 1 aromatic carbocycles. The molecule has 0 aromatic heterocycles. The quantitative estimate of drug-likeness (QED) is 0.623. The predicted octanol–water partition coefficient (Wildman–Crippen LogP) is 0.187. The van der Waals surface area contributed by atoms with Crippen LogP contribution in [-0.4, -0.2) is 43.8 Å². The first-order valence-corrected chi connectivity index (χ1v) is 6.81. The molecule has 1 heterocycles. The number of likely N-dealkylation sites (N-methyl/N-ethyl adjacent to an activating group) is 1. The molecule has 1 aliphatic rings. The van der Waals surface area contributed by atoms with Gasteiger partial charge in [-0.05, 0) is 6.07 Å². The van der Waals surface area contributed by atoms with Gasteiger partial charge in [0, 0.05) is 32.2 Å². The molecular formula is C10H13N3O4S. The van der Waals surface area contributed by atoms with Gasteiger partial charge in [-0.25, -0.2) is 8.42 Å². The number of benzene rings is 1. The molecule has 0 radical (unpaired) electrons. The highest BCUT2D eigenvalue weighted by Gasteiger charge is 2.35. The van der Waals surface area contributed by atoms with Gasteiger partial charge >= 0.3 is 0 Å². The van der Waals surface area contributed by atoms with Gasteiger partial charge in [0.05, 0.1) is 4.92 Å². The summed E-state index contributed by atoms with van der Waals surface area (Å²) in [5, 5.41) is 13.8. The van der Waals surface area contributed by atoms with Crippen molar-refractivity contribution in [2.24, 2.45) is 0 Å². The summed E-state index contributed by atoms with van der Waals surface area (Å²) in [6.45, 7) is 1.13. The number of hydrogen-bond donors (Lipinski definition) is 1. The molecule has 1 N–H and O–H groups in total. The van der Waals surface area contributed by atoms with Crippen LogP contribution in [0.1, 0.15) is 0 Å². The highest BCUT2D eigenvalue weighted by Crippen LogP contribution is 2.26. The van der Waals surface area contributed by atoms with Crippen molar-refractivity contribution < 1.29 is 13.3 Å². The van der Waals surface area contributed by atoms with Crippen molar-refractivity contribution in [3.05, 3.63) is 34.4 Å². The average molecular weight is 271 g/mol. The first-order valence-electron chi connectivity index (χ1n) is 5.37. The van der Waals surface area contributed by atoms with Crippen LogP contribution in [0.5, 0.6) is 0 Å². The highest BCUT2D eigenvalue weighted by atomic mass is 32.2. The average Bonchev–Trinajstić information content (AvgIpc) is 2.26. The maximum Gasteiger partial charge on any atom is 0.289 e. The van der Waals surface area contributed by atoms with Crippen LogP contribution in [-0.2, 0) is 10.0 Å². The van der Waals surface area contributed by atoms with Gasteiger partial charge in [0.25, 0.3) is 5.69 Å². The summed E-state index contributed by atoms with van der Waals surface area (Å²) in [5.74, 6) is 0. The van der Waals surface area contributed by atoms with E-state index in [0.717, 1.165) is 0 Å². The number of para-hydroxylation sites is 1. The van der Waals surface area contributed by atoms with Gasteiger partial charge in [-0.15, -0.1) is 0 Å². The Bertz CT molecular complexity index is 568. The molecule has 0 unspecified atom stereocenters. The Labute approximate surface area is 105 Å². The Kier molecular flexibility index (Phi) is 3.33. The van der Waals surface area contributed by atoms with E-state index in [9.17, 15) is 18.5 Å². The summed E-state index contributed by atoms with van der Waals surface area (Å²) in [6.07, 6.45) is 0. The Morgan fingerprint density at radius 2 is 2.00 bits per heavy atom. The maximum absolute atomic E-state index is 12.3. The Morgan fingerprint density at radius 1 is 1.39 bits per heavy atom. The smallest absolute Gasteiger partial charge is 0.289 e. The van der Waals surface area contributed by atoms with Crippen LogP contribution in [0.4, 0.5) is 5.69 Å². The molecule has 2 rings (SSSR count). The molecule has 0 aliphatic carbocycles. The van der Waals surface area contributed by atoms with E-state index in [4.69, 9.17) is 0 Å². The SMILES string of the molecule is CN(C1CNC1)S(=O)(=O)c1ccccc1[N+](=O)[O-]. The standard InChI is InChI=1S/C10H13N3O4S/c1-12(8-6-11-7-8)18(16,17)10-5-3-2-4-9(10)13(14)15/h2-5,8,11H,6-7H2,1H3. The van der Waals surface area contributed by atoms with Gasteiger partial charge in [-0.2, -0.15) is 4.31 Å². The second-order valence-corrected chi connectivity index (χ2v) is 6.02. The minimum Gasteiger partial charge on any atom is -0.313 e. The van der Waals surface area contributed by atoms with Crippen molar-refractivity contribution in [1.29, 1.82) is 0 Å². The molecule has 18 heavy (non-hydrogen) atoms. The van der Waals surface area contributed by atoms with E-state index >= 15 is 0 Å². The zero-order valence-electron chi connectivity index (χ0n) is 9.74. The van der Waals surface area contributed by atoms with Crippen molar-refractivity contribution in [2.75, 3.05) is 20.1 Å². The molecule has 7 nitrogen and oxygen atoms in total. The van der Waals surface area contributed by atoms with E-state index in [1.807, 2.05) is 0 Å². The van der Waals surface area contributed by atoms with E-state index in [1.54, 1.807) is 0 Å². The largest absolute Gasteiger partial charge is 0.313 e. The van der Waals surface area contributed by atoms with Crippen molar-refractivity contribution in [3.63, 3.8) is 0 Å². The topological polar surface area (TPSA) is 92.6 Å². The Balaban J connectivity index is 2.43. The molecular weight excluding hydrogens is 258 g/mol. The number of nitro groups is 1. The van der Waals surface area contributed by atoms with E-state index in [0.29, 0.717) is 13.1 Å². The van der Waals surface area contributed by atoms with Crippen molar-refractivity contribution >= 4 is 15.7 Å². The highest BCUT2D eigenvalue weighted by molar-refractivity contribution is 7.89. The fraction of sp³-hybridized carbons (Fsp3) is 0.400. The van der Waals surface area contributed by atoms with E-state index in [2.05, 4.69) is 5.32 Å². The van der Waals surface area contributed by atoms with E-state index in [1.165, 1.54) is 35.6 Å². The fourth-order valence-corrected chi connectivity index (χ4v) is 3.22. The second-order valence-electron chi connectivity index (χ2n) is 4.06.